The second-order valence-corrected chi connectivity index (χ2v) is 6.39. The van der Waals surface area contributed by atoms with Crippen LogP contribution in [0.3, 0.4) is 0 Å². The third-order valence-electron chi connectivity index (χ3n) is 4.56. The van der Waals surface area contributed by atoms with E-state index < -0.39 is 0 Å². The molecule has 3 aromatic carbocycles. The van der Waals surface area contributed by atoms with Crippen LogP contribution in [-0.2, 0) is 0 Å². The predicted octanol–water partition coefficient (Wildman–Crippen LogP) is 4.53. The summed E-state index contributed by atoms with van der Waals surface area (Å²) in [6, 6.07) is 26.1. The van der Waals surface area contributed by atoms with Crippen molar-refractivity contribution in [1.29, 1.82) is 0 Å². The molecule has 0 saturated carbocycles. The first kappa shape index (κ1) is 17.5. The van der Waals surface area contributed by atoms with Crippen molar-refractivity contribution in [2.24, 2.45) is 5.10 Å². The van der Waals surface area contributed by atoms with Gasteiger partial charge in [-0.15, -0.1) is 0 Å². The minimum atomic E-state index is -0.321. The largest absolute Gasteiger partial charge is 0.506 e. The summed E-state index contributed by atoms with van der Waals surface area (Å²) >= 11 is 0. The van der Waals surface area contributed by atoms with Gasteiger partial charge in [-0.3, -0.25) is 14.8 Å². The Morgan fingerprint density at radius 2 is 1.50 bits per heavy atom. The van der Waals surface area contributed by atoms with Gasteiger partial charge in [0.15, 0.2) is 0 Å². The van der Waals surface area contributed by atoms with Gasteiger partial charge in [-0.1, -0.05) is 48.5 Å². The van der Waals surface area contributed by atoms with E-state index in [1.54, 1.807) is 17.6 Å². The summed E-state index contributed by atoms with van der Waals surface area (Å²) in [4.78, 5) is 13.4. The van der Waals surface area contributed by atoms with Crippen molar-refractivity contribution in [3.63, 3.8) is 0 Å². The van der Waals surface area contributed by atoms with Crippen LogP contribution >= 0.6 is 0 Å². The summed E-state index contributed by atoms with van der Waals surface area (Å²) in [6.07, 6.45) is 0. The maximum atomic E-state index is 13.4. The van der Waals surface area contributed by atoms with Gasteiger partial charge in [0, 0.05) is 11.1 Å². The van der Waals surface area contributed by atoms with Crippen molar-refractivity contribution >= 4 is 22.3 Å². The van der Waals surface area contributed by atoms with Gasteiger partial charge in [0.2, 0.25) is 0 Å². The highest BCUT2D eigenvalue weighted by atomic mass is 16.3. The van der Waals surface area contributed by atoms with Gasteiger partial charge in [-0.2, -0.15) is 5.10 Å². The van der Waals surface area contributed by atoms with Crippen molar-refractivity contribution in [1.82, 2.24) is 4.57 Å². The molecule has 5 nitrogen and oxygen atoms in total. The molecule has 1 heterocycles. The van der Waals surface area contributed by atoms with E-state index in [9.17, 15) is 9.90 Å². The van der Waals surface area contributed by atoms with Crippen molar-refractivity contribution < 1.29 is 5.11 Å². The van der Waals surface area contributed by atoms with Crippen LogP contribution in [0.15, 0.2) is 94.8 Å². The Balaban J connectivity index is 1.93. The number of hydrogen-bond donors (Lipinski definition) is 2. The monoisotopic (exact) mass is 369 g/mol. The molecule has 0 fully saturated rings. The number of hydrogen-bond acceptors (Lipinski definition) is 4. The molecule has 138 valence electrons. The number of fused-ring (bicyclic) bond motifs is 1. The van der Waals surface area contributed by atoms with E-state index >= 15 is 0 Å². The summed E-state index contributed by atoms with van der Waals surface area (Å²) in [6.45, 7) is 1.70. The zero-order chi connectivity index (χ0) is 19.5. The van der Waals surface area contributed by atoms with E-state index in [2.05, 4.69) is 10.5 Å². The highest BCUT2D eigenvalue weighted by Gasteiger charge is 2.19. The molecule has 0 aliphatic carbocycles. The van der Waals surface area contributed by atoms with E-state index in [4.69, 9.17) is 0 Å². The quantitative estimate of drug-likeness (QED) is 0.410. The van der Waals surface area contributed by atoms with Gasteiger partial charge < -0.3 is 5.11 Å². The van der Waals surface area contributed by atoms with Gasteiger partial charge in [0.25, 0.3) is 5.56 Å². The number of nitrogens with one attached hydrogen (secondary N) is 1. The van der Waals surface area contributed by atoms with Crippen molar-refractivity contribution in [2.75, 3.05) is 5.43 Å². The molecule has 0 aliphatic heterocycles. The average Bonchev–Trinajstić information content (AvgIpc) is 2.74. The number of aromatic hydroxyl groups is 1. The maximum Gasteiger partial charge on any atom is 0.268 e. The fraction of sp³-hybridized carbons (Fsp3) is 0.0435. The molecular formula is C23H19N3O2. The number of anilines is 1. The minimum absolute atomic E-state index is 0.0658. The topological polar surface area (TPSA) is 66.6 Å². The highest BCUT2D eigenvalue weighted by Crippen LogP contribution is 2.28. The third-order valence-corrected chi connectivity index (χ3v) is 4.56. The Bertz CT molecular complexity index is 1210. The number of para-hydroxylation sites is 3. The molecular weight excluding hydrogens is 350 g/mol. The smallest absolute Gasteiger partial charge is 0.268 e. The molecule has 0 unspecified atom stereocenters. The van der Waals surface area contributed by atoms with Gasteiger partial charge in [-0.05, 0) is 43.3 Å². The fourth-order valence-corrected chi connectivity index (χ4v) is 3.20. The number of hydrazone groups is 1. The number of rotatable bonds is 4. The van der Waals surface area contributed by atoms with Gasteiger partial charge >= 0.3 is 0 Å². The third kappa shape index (κ3) is 3.14. The molecule has 0 bridgehead atoms. The SMILES string of the molecule is CC(=NNc1ccccc1)c1c(O)c2ccccc2n(-c2ccccc2)c1=O. The molecule has 0 aliphatic rings. The van der Waals surface area contributed by atoms with E-state index in [0.717, 1.165) is 11.4 Å². The molecule has 0 amide bonds. The van der Waals surface area contributed by atoms with Gasteiger partial charge in [-0.25, -0.2) is 0 Å². The highest BCUT2D eigenvalue weighted by molar-refractivity contribution is 6.05. The Hall–Kier alpha value is -3.86. The maximum absolute atomic E-state index is 13.4. The van der Waals surface area contributed by atoms with E-state index in [1.807, 2.05) is 78.9 Å². The normalized spacial score (nSPS) is 11.5. The zero-order valence-corrected chi connectivity index (χ0v) is 15.3. The molecule has 0 saturated heterocycles. The summed E-state index contributed by atoms with van der Waals surface area (Å²) < 4.78 is 1.60. The number of aromatic nitrogens is 1. The Morgan fingerprint density at radius 1 is 0.893 bits per heavy atom. The number of nitrogens with zero attached hydrogens (tertiary/aromatic N) is 2. The molecule has 5 heteroatoms. The number of benzene rings is 3. The molecule has 2 N–H and O–H groups in total. The van der Waals surface area contributed by atoms with Crippen LogP contribution < -0.4 is 11.0 Å². The van der Waals surface area contributed by atoms with Crippen LogP contribution in [0.25, 0.3) is 16.6 Å². The lowest BCUT2D eigenvalue weighted by Crippen LogP contribution is -2.25. The second-order valence-electron chi connectivity index (χ2n) is 6.39. The minimum Gasteiger partial charge on any atom is -0.506 e. The zero-order valence-electron chi connectivity index (χ0n) is 15.3. The summed E-state index contributed by atoms with van der Waals surface area (Å²) in [5, 5.41) is 15.8. The molecule has 0 atom stereocenters. The summed E-state index contributed by atoms with van der Waals surface area (Å²) in [7, 11) is 0. The van der Waals surface area contributed by atoms with E-state index in [-0.39, 0.29) is 16.9 Å². The van der Waals surface area contributed by atoms with Crippen LogP contribution in [-0.4, -0.2) is 15.4 Å². The first-order valence-electron chi connectivity index (χ1n) is 8.94. The summed E-state index contributed by atoms with van der Waals surface area (Å²) in [5.74, 6) is -0.0658. The molecule has 0 spiro atoms. The fourth-order valence-electron chi connectivity index (χ4n) is 3.20. The molecule has 28 heavy (non-hydrogen) atoms. The Labute approximate surface area is 162 Å². The van der Waals surface area contributed by atoms with Crippen molar-refractivity contribution in [3.8, 4) is 11.4 Å². The van der Waals surface area contributed by atoms with Crippen molar-refractivity contribution in [3.05, 3.63) is 101 Å². The molecule has 0 radical (unpaired) electrons. The summed E-state index contributed by atoms with van der Waals surface area (Å²) in [5.41, 5.74) is 5.36. The first-order valence-corrected chi connectivity index (χ1v) is 8.94. The van der Waals surface area contributed by atoms with Crippen LogP contribution in [0.5, 0.6) is 5.75 Å². The Morgan fingerprint density at radius 3 is 2.21 bits per heavy atom. The lowest BCUT2D eigenvalue weighted by molar-refractivity contribution is 0.478. The standard InChI is InChI=1S/C23H19N3O2/c1-16(24-25-17-10-4-2-5-11-17)21-22(27)19-14-8-9-15-20(19)26(23(21)28)18-12-6-3-7-13-18/h2-15,25,27H,1H3. The van der Waals surface area contributed by atoms with Gasteiger partial charge in [0.05, 0.1) is 16.9 Å². The van der Waals surface area contributed by atoms with Crippen LogP contribution in [0.4, 0.5) is 5.69 Å². The van der Waals surface area contributed by atoms with E-state index in [1.165, 1.54) is 0 Å². The second kappa shape index (κ2) is 7.40. The lowest BCUT2D eigenvalue weighted by Gasteiger charge is -2.15. The molecule has 1 aromatic heterocycles. The molecule has 4 aromatic rings. The Kier molecular flexibility index (Phi) is 4.64. The first-order chi connectivity index (χ1) is 13.7. The van der Waals surface area contributed by atoms with Crippen molar-refractivity contribution in [2.45, 2.75) is 6.92 Å². The average molecular weight is 369 g/mol. The van der Waals surface area contributed by atoms with Crippen LogP contribution in [0.2, 0.25) is 0 Å². The van der Waals surface area contributed by atoms with Gasteiger partial charge in [0.1, 0.15) is 11.3 Å². The van der Waals surface area contributed by atoms with Crippen LogP contribution in [0.1, 0.15) is 12.5 Å². The number of pyridine rings is 1. The lowest BCUT2D eigenvalue weighted by atomic mass is 10.1. The van der Waals surface area contributed by atoms with E-state index in [0.29, 0.717) is 16.6 Å². The molecule has 4 rings (SSSR count). The predicted molar refractivity (Wildman–Crippen MR) is 113 cm³/mol. The van der Waals surface area contributed by atoms with Crippen LogP contribution in [0, 0.1) is 0 Å².